The number of aliphatic hydroxyl groups excluding tert-OH is 2. The topological polar surface area (TPSA) is 94.9 Å². The maximum atomic E-state index is 11.8. The predicted molar refractivity (Wildman–Crippen MR) is 123 cm³/mol. The number of fused-ring (bicyclic) bond motifs is 5. The van der Waals surface area contributed by atoms with E-state index in [4.69, 9.17) is 0 Å². The zero-order valence-electron chi connectivity index (χ0n) is 20.5. The highest BCUT2D eigenvalue weighted by Crippen LogP contribution is 2.69. The second kappa shape index (κ2) is 8.33. The number of aromatic nitrogens is 4. The van der Waals surface area contributed by atoms with Crippen LogP contribution in [-0.2, 0) is 6.42 Å². The van der Waals surface area contributed by atoms with Crippen LogP contribution in [0.4, 0.5) is 0 Å². The molecule has 6 heteroatoms. The van der Waals surface area contributed by atoms with Crippen LogP contribution in [0, 0.1) is 52.3 Å². The summed E-state index contributed by atoms with van der Waals surface area (Å²) in [5, 5.41) is 36.7. The van der Waals surface area contributed by atoms with Crippen molar-refractivity contribution in [3.63, 3.8) is 0 Å². The molecule has 5 rings (SSSR count). The van der Waals surface area contributed by atoms with Crippen LogP contribution < -0.4 is 0 Å². The highest BCUT2D eigenvalue weighted by molar-refractivity contribution is 5.13. The molecule has 0 radical (unpaired) electrons. The Labute approximate surface area is 193 Å². The Morgan fingerprint density at radius 3 is 2.50 bits per heavy atom. The lowest BCUT2D eigenvalue weighted by Crippen LogP contribution is -2.62. The van der Waals surface area contributed by atoms with Gasteiger partial charge in [0.25, 0.3) is 0 Å². The molecule has 4 aliphatic rings. The molecule has 3 N–H and O–H groups in total. The highest BCUT2D eigenvalue weighted by atomic mass is 16.3. The standard InChI is InChI=1S/C26H44N4O2/c1-5-17-21-14-16(31)10-12-26(21,4)20-11-13-25(3)18(7-8-19(25)23(20)24(17)32)15(2)6-9-22-27-29-30-28-22/h15-21,23-24,31-32H,5-14H2,1-4H3,(H,27,28,29,30)/t15-,16-,17-,18-,19?,20?,21+,23?,24-,25-,26-/m1/s1. The molecule has 0 bridgehead atoms. The minimum absolute atomic E-state index is 0.170. The van der Waals surface area contributed by atoms with E-state index in [-0.39, 0.29) is 17.6 Å². The molecule has 6 nitrogen and oxygen atoms in total. The van der Waals surface area contributed by atoms with Gasteiger partial charge >= 0.3 is 0 Å². The van der Waals surface area contributed by atoms with E-state index in [1.807, 2.05) is 0 Å². The van der Waals surface area contributed by atoms with Crippen molar-refractivity contribution in [3.8, 4) is 0 Å². The normalized spacial score (nSPS) is 49.2. The third-order valence-corrected chi connectivity index (χ3v) is 11.4. The fourth-order valence-electron chi connectivity index (χ4n) is 9.78. The largest absolute Gasteiger partial charge is 0.393 e. The van der Waals surface area contributed by atoms with Gasteiger partial charge in [-0.2, -0.15) is 0 Å². The lowest BCUT2D eigenvalue weighted by Gasteiger charge is -2.64. The second-order valence-electron chi connectivity index (χ2n) is 12.5. The summed E-state index contributed by atoms with van der Waals surface area (Å²) in [5.41, 5.74) is 0.616. The quantitative estimate of drug-likeness (QED) is 0.626. The van der Waals surface area contributed by atoms with Crippen LogP contribution in [0.1, 0.15) is 91.3 Å². The maximum Gasteiger partial charge on any atom is 0.148 e. The van der Waals surface area contributed by atoms with Crippen molar-refractivity contribution in [2.45, 2.75) is 104 Å². The monoisotopic (exact) mass is 444 g/mol. The molecular formula is C26H44N4O2. The molecule has 1 aromatic heterocycles. The number of nitrogens with zero attached hydrogens (tertiary/aromatic N) is 3. The van der Waals surface area contributed by atoms with Crippen molar-refractivity contribution in [1.82, 2.24) is 20.6 Å². The number of hydrogen-bond acceptors (Lipinski definition) is 5. The number of H-pyrrole nitrogens is 1. The molecule has 1 heterocycles. The van der Waals surface area contributed by atoms with Crippen molar-refractivity contribution in [2.24, 2.45) is 52.3 Å². The van der Waals surface area contributed by atoms with E-state index in [9.17, 15) is 10.2 Å². The van der Waals surface area contributed by atoms with Gasteiger partial charge < -0.3 is 10.2 Å². The predicted octanol–water partition coefficient (Wildman–Crippen LogP) is 4.40. The van der Waals surface area contributed by atoms with Gasteiger partial charge in [-0.1, -0.05) is 34.1 Å². The molecule has 4 aliphatic carbocycles. The van der Waals surface area contributed by atoms with Gasteiger partial charge in [-0.15, -0.1) is 5.10 Å². The Morgan fingerprint density at radius 1 is 1.03 bits per heavy atom. The smallest absolute Gasteiger partial charge is 0.148 e. The number of aliphatic hydroxyl groups is 2. The van der Waals surface area contributed by atoms with E-state index in [1.54, 1.807) is 0 Å². The van der Waals surface area contributed by atoms with Gasteiger partial charge in [0.05, 0.1) is 12.2 Å². The summed E-state index contributed by atoms with van der Waals surface area (Å²) < 4.78 is 0. The van der Waals surface area contributed by atoms with Crippen LogP contribution in [0.25, 0.3) is 0 Å². The van der Waals surface area contributed by atoms with Gasteiger partial charge in [0.15, 0.2) is 0 Å². The molecule has 4 fully saturated rings. The van der Waals surface area contributed by atoms with Crippen LogP contribution in [0.15, 0.2) is 0 Å². The van der Waals surface area contributed by atoms with E-state index >= 15 is 0 Å². The number of hydrogen-bond donors (Lipinski definition) is 3. The van der Waals surface area contributed by atoms with E-state index in [2.05, 4.69) is 48.3 Å². The van der Waals surface area contributed by atoms with Gasteiger partial charge in [0.2, 0.25) is 0 Å². The minimum atomic E-state index is -0.202. The van der Waals surface area contributed by atoms with Crippen molar-refractivity contribution < 1.29 is 10.2 Å². The fraction of sp³-hybridized carbons (Fsp3) is 0.962. The Kier molecular flexibility index (Phi) is 5.93. The third-order valence-electron chi connectivity index (χ3n) is 11.4. The summed E-state index contributed by atoms with van der Waals surface area (Å²) in [7, 11) is 0. The average molecular weight is 445 g/mol. The van der Waals surface area contributed by atoms with E-state index in [0.717, 1.165) is 50.3 Å². The Morgan fingerprint density at radius 2 is 1.78 bits per heavy atom. The number of tetrazole rings is 1. The first-order valence-electron chi connectivity index (χ1n) is 13.4. The lowest BCUT2D eigenvalue weighted by molar-refractivity contribution is -0.203. The molecular weight excluding hydrogens is 400 g/mol. The average Bonchev–Trinajstić information content (AvgIpc) is 3.41. The van der Waals surface area contributed by atoms with E-state index in [0.29, 0.717) is 40.9 Å². The SMILES string of the molecule is CC[C@H]1[C@@H](O)C2C3CC[C@H]([C@H](C)CCc4nnn[nH]4)[C@@]3(C)CCC2[C@@]2(C)CC[C@@H](O)C[C@@H]12. The first kappa shape index (κ1) is 22.8. The lowest BCUT2D eigenvalue weighted by atomic mass is 9.41. The minimum Gasteiger partial charge on any atom is -0.393 e. The molecule has 180 valence electrons. The number of nitrogens with one attached hydrogen (secondary N) is 1. The molecule has 11 atom stereocenters. The summed E-state index contributed by atoms with van der Waals surface area (Å²) >= 11 is 0. The van der Waals surface area contributed by atoms with Gasteiger partial charge in [0.1, 0.15) is 5.82 Å². The summed E-state index contributed by atoms with van der Waals surface area (Å²) in [6.07, 6.45) is 10.8. The molecule has 0 saturated heterocycles. The van der Waals surface area contributed by atoms with Crippen molar-refractivity contribution in [3.05, 3.63) is 5.82 Å². The van der Waals surface area contributed by atoms with Gasteiger partial charge in [-0.05, 0) is 114 Å². The van der Waals surface area contributed by atoms with Crippen LogP contribution >= 0.6 is 0 Å². The van der Waals surface area contributed by atoms with Crippen molar-refractivity contribution in [1.29, 1.82) is 0 Å². The molecule has 0 amide bonds. The van der Waals surface area contributed by atoms with Crippen LogP contribution in [0.5, 0.6) is 0 Å². The summed E-state index contributed by atoms with van der Waals surface area (Å²) in [6.45, 7) is 9.78. The van der Waals surface area contributed by atoms with Gasteiger partial charge in [-0.3, -0.25) is 0 Å². The van der Waals surface area contributed by atoms with Crippen LogP contribution in [0.3, 0.4) is 0 Å². The van der Waals surface area contributed by atoms with Crippen LogP contribution in [-0.4, -0.2) is 43.0 Å². The van der Waals surface area contributed by atoms with Crippen molar-refractivity contribution >= 4 is 0 Å². The highest BCUT2D eigenvalue weighted by Gasteiger charge is 2.64. The molecule has 0 aromatic carbocycles. The summed E-state index contributed by atoms with van der Waals surface area (Å²) in [5.74, 6) is 4.76. The van der Waals surface area contributed by atoms with Gasteiger partial charge in [-0.25, -0.2) is 5.10 Å². The van der Waals surface area contributed by atoms with Gasteiger partial charge in [0, 0.05) is 6.42 Å². The summed E-state index contributed by atoms with van der Waals surface area (Å²) in [4.78, 5) is 0. The second-order valence-corrected chi connectivity index (χ2v) is 12.5. The zero-order valence-corrected chi connectivity index (χ0v) is 20.5. The fourth-order valence-corrected chi connectivity index (χ4v) is 9.78. The van der Waals surface area contributed by atoms with Crippen molar-refractivity contribution in [2.75, 3.05) is 0 Å². The van der Waals surface area contributed by atoms with E-state index < -0.39 is 0 Å². The number of aryl methyl sites for hydroxylation is 1. The Balaban J connectivity index is 1.38. The Hall–Kier alpha value is -1.01. The Bertz CT molecular complexity index is 787. The molecule has 4 saturated carbocycles. The first-order valence-corrected chi connectivity index (χ1v) is 13.4. The molecule has 32 heavy (non-hydrogen) atoms. The molecule has 0 aliphatic heterocycles. The molecule has 3 unspecified atom stereocenters. The zero-order chi connectivity index (χ0) is 22.7. The molecule has 0 spiro atoms. The van der Waals surface area contributed by atoms with E-state index in [1.165, 1.54) is 25.7 Å². The number of aromatic amines is 1. The first-order chi connectivity index (χ1) is 15.3. The van der Waals surface area contributed by atoms with Crippen LogP contribution in [0.2, 0.25) is 0 Å². The third kappa shape index (κ3) is 3.38. The maximum absolute atomic E-state index is 11.8. The molecule has 1 aromatic rings. The summed E-state index contributed by atoms with van der Waals surface area (Å²) in [6, 6.07) is 0. The number of rotatable bonds is 5.